The number of nitrogens with one attached hydrogen (secondary N) is 2. The molecule has 0 atom stereocenters. The maximum Gasteiger partial charge on any atom is 0.274 e. The van der Waals surface area contributed by atoms with Crippen LogP contribution in [0.1, 0.15) is 16.2 Å². The van der Waals surface area contributed by atoms with Crippen molar-refractivity contribution in [2.75, 3.05) is 17.2 Å². The normalized spacial score (nSPS) is 10.0. The van der Waals surface area contributed by atoms with Gasteiger partial charge in [0.15, 0.2) is 0 Å². The summed E-state index contributed by atoms with van der Waals surface area (Å²) in [6.07, 6.45) is 1.69. The number of aryl methyl sites for hydroxylation is 1. The monoisotopic (exact) mass is 302 g/mol. The van der Waals surface area contributed by atoms with Crippen molar-refractivity contribution in [3.8, 4) is 0 Å². The van der Waals surface area contributed by atoms with Crippen LogP contribution in [0, 0.1) is 6.92 Å². The first-order valence-electron chi connectivity index (χ1n) is 6.36. The fourth-order valence-electron chi connectivity index (χ4n) is 1.69. The van der Waals surface area contributed by atoms with Crippen LogP contribution in [0.4, 0.5) is 11.6 Å². The molecule has 108 valence electrons. The Kier molecular flexibility index (Phi) is 4.90. The fraction of sp³-hybridized carbons (Fsp3) is 0.133. The van der Waals surface area contributed by atoms with Crippen LogP contribution in [-0.4, -0.2) is 22.4 Å². The zero-order chi connectivity index (χ0) is 15.2. The second kappa shape index (κ2) is 6.85. The van der Waals surface area contributed by atoms with Crippen molar-refractivity contribution < 1.29 is 4.79 Å². The van der Waals surface area contributed by atoms with Crippen molar-refractivity contribution in [1.29, 1.82) is 0 Å². The number of aromatic nitrogens is 2. The number of benzene rings is 1. The Labute approximate surface area is 128 Å². The third kappa shape index (κ3) is 4.29. The lowest BCUT2D eigenvalue weighted by molar-refractivity contribution is 0.102. The van der Waals surface area contributed by atoms with Crippen molar-refractivity contribution >= 4 is 29.1 Å². The molecule has 0 aliphatic carbocycles. The molecule has 2 rings (SSSR count). The molecule has 0 saturated carbocycles. The minimum atomic E-state index is -0.315. The first-order valence-corrected chi connectivity index (χ1v) is 6.73. The van der Waals surface area contributed by atoms with Gasteiger partial charge in [-0.1, -0.05) is 23.7 Å². The van der Waals surface area contributed by atoms with E-state index >= 15 is 0 Å². The Morgan fingerprint density at radius 2 is 2.19 bits per heavy atom. The molecule has 6 heteroatoms. The molecule has 2 N–H and O–H groups in total. The second-order valence-corrected chi connectivity index (χ2v) is 4.79. The SMILES string of the molecule is C=CCNc1nc(C)cc(C(=O)Nc2cccc(Cl)c2)n1. The Balaban J connectivity index is 2.18. The highest BCUT2D eigenvalue weighted by Gasteiger charge is 2.11. The van der Waals surface area contributed by atoms with Crippen LogP contribution in [-0.2, 0) is 0 Å². The van der Waals surface area contributed by atoms with Crippen LogP contribution in [0.5, 0.6) is 0 Å². The number of carbonyl (C=O) groups is 1. The molecule has 0 unspecified atom stereocenters. The molecule has 1 amide bonds. The van der Waals surface area contributed by atoms with Crippen molar-refractivity contribution in [2.45, 2.75) is 6.92 Å². The number of anilines is 2. The van der Waals surface area contributed by atoms with E-state index in [1.165, 1.54) is 0 Å². The van der Waals surface area contributed by atoms with Gasteiger partial charge in [0.1, 0.15) is 5.69 Å². The van der Waals surface area contributed by atoms with E-state index in [1.807, 2.05) is 0 Å². The standard InChI is InChI=1S/C15H15ClN4O/c1-3-7-17-15-18-10(2)8-13(20-15)14(21)19-12-6-4-5-11(16)9-12/h3-6,8-9H,1,7H2,2H3,(H,19,21)(H,17,18,20). The molecule has 0 aliphatic rings. The zero-order valence-electron chi connectivity index (χ0n) is 11.6. The van der Waals surface area contributed by atoms with Gasteiger partial charge in [-0.25, -0.2) is 9.97 Å². The van der Waals surface area contributed by atoms with Gasteiger partial charge in [-0.2, -0.15) is 0 Å². The van der Waals surface area contributed by atoms with Gasteiger partial charge in [-0.3, -0.25) is 4.79 Å². The smallest absolute Gasteiger partial charge is 0.274 e. The predicted octanol–water partition coefficient (Wildman–Crippen LogP) is 3.29. The molecule has 0 spiro atoms. The van der Waals surface area contributed by atoms with E-state index in [-0.39, 0.29) is 11.6 Å². The van der Waals surface area contributed by atoms with E-state index in [4.69, 9.17) is 11.6 Å². The largest absolute Gasteiger partial charge is 0.351 e. The predicted molar refractivity (Wildman–Crippen MR) is 84.9 cm³/mol. The number of amides is 1. The summed E-state index contributed by atoms with van der Waals surface area (Å²) in [6, 6.07) is 8.56. The van der Waals surface area contributed by atoms with Gasteiger partial charge in [0.2, 0.25) is 5.95 Å². The number of halogens is 1. The van der Waals surface area contributed by atoms with E-state index in [0.29, 0.717) is 28.9 Å². The number of hydrogen-bond acceptors (Lipinski definition) is 4. The van der Waals surface area contributed by atoms with Crippen LogP contribution in [0.15, 0.2) is 43.0 Å². The Morgan fingerprint density at radius 1 is 1.38 bits per heavy atom. The van der Waals surface area contributed by atoms with Crippen LogP contribution in [0.25, 0.3) is 0 Å². The molecule has 21 heavy (non-hydrogen) atoms. The van der Waals surface area contributed by atoms with E-state index < -0.39 is 0 Å². The third-order valence-electron chi connectivity index (χ3n) is 2.57. The molecule has 2 aromatic rings. The number of hydrogen-bond donors (Lipinski definition) is 2. The van der Waals surface area contributed by atoms with E-state index in [1.54, 1.807) is 43.3 Å². The maximum atomic E-state index is 12.2. The molecular weight excluding hydrogens is 288 g/mol. The molecular formula is C15H15ClN4O. The third-order valence-corrected chi connectivity index (χ3v) is 2.81. The summed E-state index contributed by atoms with van der Waals surface area (Å²) in [6.45, 7) is 5.94. The molecule has 0 aliphatic heterocycles. The summed E-state index contributed by atoms with van der Waals surface area (Å²) in [7, 11) is 0. The Hall–Kier alpha value is -2.40. The first-order chi connectivity index (χ1) is 10.1. The van der Waals surface area contributed by atoms with Gasteiger partial charge >= 0.3 is 0 Å². The zero-order valence-corrected chi connectivity index (χ0v) is 12.3. The van der Waals surface area contributed by atoms with Crippen LogP contribution >= 0.6 is 11.6 Å². The minimum Gasteiger partial charge on any atom is -0.351 e. The quantitative estimate of drug-likeness (QED) is 0.832. The van der Waals surface area contributed by atoms with Crippen molar-refractivity contribution in [3.05, 3.63) is 59.4 Å². The summed E-state index contributed by atoms with van der Waals surface area (Å²) in [5, 5.41) is 6.27. The average molecular weight is 303 g/mol. The van der Waals surface area contributed by atoms with Gasteiger partial charge in [0.25, 0.3) is 5.91 Å². The fourth-order valence-corrected chi connectivity index (χ4v) is 1.88. The molecule has 1 heterocycles. The molecule has 1 aromatic carbocycles. The number of rotatable bonds is 5. The van der Waals surface area contributed by atoms with E-state index in [9.17, 15) is 4.79 Å². The second-order valence-electron chi connectivity index (χ2n) is 4.35. The Morgan fingerprint density at radius 3 is 2.90 bits per heavy atom. The van der Waals surface area contributed by atoms with Gasteiger partial charge in [0.05, 0.1) is 0 Å². The molecule has 1 aromatic heterocycles. The molecule has 0 saturated heterocycles. The van der Waals surface area contributed by atoms with E-state index in [0.717, 1.165) is 0 Å². The lowest BCUT2D eigenvalue weighted by Crippen LogP contribution is -2.16. The maximum absolute atomic E-state index is 12.2. The van der Waals surface area contributed by atoms with Crippen LogP contribution in [0.3, 0.4) is 0 Å². The lowest BCUT2D eigenvalue weighted by atomic mass is 10.3. The molecule has 0 bridgehead atoms. The van der Waals surface area contributed by atoms with Crippen molar-refractivity contribution in [1.82, 2.24) is 9.97 Å². The highest BCUT2D eigenvalue weighted by Crippen LogP contribution is 2.16. The minimum absolute atomic E-state index is 0.286. The summed E-state index contributed by atoms with van der Waals surface area (Å²) in [5.41, 5.74) is 1.60. The summed E-state index contributed by atoms with van der Waals surface area (Å²) in [4.78, 5) is 20.6. The summed E-state index contributed by atoms with van der Waals surface area (Å²) >= 11 is 5.89. The van der Waals surface area contributed by atoms with Gasteiger partial charge in [-0.15, -0.1) is 6.58 Å². The van der Waals surface area contributed by atoms with Gasteiger partial charge < -0.3 is 10.6 Å². The number of nitrogens with zero attached hydrogens (tertiary/aromatic N) is 2. The molecule has 0 fully saturated rings. The van der Waals surface area contributed by atoms with Crippen LogP contribution < -0.4 is 10.6 Å². The highest BCUT2D eigenvalue weighted by atomic mass is 35.5. The summed E-state index contributed by atoms with van der Waals surface area (Å²) < 4.78 is 0. The van der Waals surface area contributed by atoms with Crippen LogP contribution in [0.2, 0.25) is 5.02 Å². The highest BCUT2D eigenvalue weighted by molar-refractivity contribution is 6.30. The van der Waals surface area contributed by atoms with Crippen molar-refractivity contribution in [2.24, 2.45) is 0 Å². The molecule has 0 radical (unpaired) electrons. The average Bonchev–Trinajstić information content (AvgIpc) is 2.44. The summed E-state index contributed by atoms with van der Waals surface area (Å²) in [5.74, 6) is 0.0792. The molecule has 5 nitrogen and oxygen atoms in total. The van der Waals surface area contributed by atoms with E-state index in [2.05, 4.69) is 27.2 Å². The Bertz CT molecular complexity index is 672. The van der Waals surface area contributed by atoms with Gasteiger partial charge in [0, 0.05) is 22.9 Å². The lowest BCUT2D eigenvalue weighted by Gasteiger charge is -2.08. The topological polar surface area (TPSA) is 66.9 Å². The van der Waals surface area contributed by atoms with Gasteiger partial charge in [-0.05, 0) is 31.2 Å². The first kappa shape index (κ1) is 15.0. The van der Waals surface area contributed by atoms with Crippen molar-refractivity contribution in [3.63, 3.8) is 0 Å². The number of carbonyl (C=O) groups excluding carboxylic acids is 1.